The molecule has 3 nitrogen and oxygen atoms in total. The first-order valence-electron chi connectivity index (χ1n) is 9.92. The lowest BCUT2D eigenvalue weighted by atomic mass is 9.74. The van der Waals surface area contributed by atoms with Gasteiger partial charge in [-0.15, -0.1) is 0 Å². The molecule has 138 valence electrons. The summed E-state index contributed by atoms with van der Waals surface area (Å²) in [6.07, 6.45) is 8.02. The van der Waals surface area contributed by atoms with Gasteiger partial charge in [-0.1, -0.05) is 56.0 Å². The lowest BCUT2D eigenvalue weighted by Crippen LogP contribution is -2.38. The summed E-state index contributed by atoms with van der Waals surface area (Å²) in [5.74, 6) is -1.05. The fraction of sp³-hybridized carbons (Fsp3) is 0.565. The number of Topliss-reactive ketones (excluding diaryl/α,β-unsaturated/α-hetero) is 2. The predicted octanol–water partition coefficient (Wildman–Crippen LogP) is 4.37. The molecule has 1 aromatic carbocycles. The molecule has 2 fully saturated rings. The van der Waals surface area contributed by atoms with E-state index >= 15 is 0 Å². The van der Waals surface area contributed by atoms with E-state index in [-0.39, 0.29) is 29.5 Å². The first kappa shape index (κ1) is 17.7. The Morgan fingerprint density at radius 1 is 1.04 bits per heavy atom. The number of hydrogen-bond donors (Lipinski definition) is 0. The van der Waals surface area contributed by atoms with Crippen molar-refractivity contribution in [3.8, 4) is 0 Å². The zero-order valence-electron chi connectivity index (χ0n) is 16.2. The monoisotopic (exact) mass is 352 g/mol. The van der Waals surface area contributed by atoms with Crippen LogP contribution in [0.2, 0.25) is 0 Å². The van der Waals surface area contributed by atoms with E-state index in [1.54, 1.807) is 0 Å². The first-order valence-corrected chi connectivity index (χ1v) is 9.92. The largest absolute Gasteiger partial charge is 0.362 e. The van der Waals surface area contributed by atoms with E-state index in [1.165, 1.54) is 5.56 Å². The SMILES string of the molecule is CCCCC[C@]12C=C[C@H](O1)[C@@H]1C(=O)C(c3c(C)cc(C)cc3C)C(=O)[C@@H]12. The van der Waals surface area contributed by atoms with Crippen molar-refractivity contribution in [2.24, 2.45) is 11.8 Å². The molecule has 1 unspecified atom stereocenters. The van der Waals surface area contributed by atoms with Gasteiger partial charge in [0.2, 0.25) is 0 Å². The van der Waals surface area contributed by atoms with E-state index in [0.29, 0.717) is 0 Å². The summed E-state index contributed by atoms with van der Waals surface area (Å²) in [7, 11) is 0. The third-order valence-electron chi connectivity index (χ3n) is 6.56. The van der Waals surface area contributed by atoms with Crippen LogP contribution in [-0.2, 0) is 14.3 Å². The molecule has 1 aliphatic carbocycles. The maximum atomic E-state index is 13.5. The Labute approximate surface area is 155 Å². The van der Waals surface area contributed by atoms with Gasteiger partial charge in [0.1, 0.15) is 5.92 Å². The van der Waals surface area contributed by atoms with Gasteiger partial charge in [0, 0.05) is 0 Å². The van der Waals surface area contributed by atoms with Crippen LogP contribution in [0.1, 0.15) is 60.8 Å². The van der Waals surface area contributed by atoms with Crippen molar-refractivity contribution in [2.45, 2.75) is 71.0 Å². The molecule has 0 N–H and O–H groups in total. The Morgan fingerprint density at radius 3 is 2.38 bits per heavy atom. The quantitative estimate of drug-likeness (QED) is 0.449. The molecule has 0 spiro atoms. The van der Waals surface area contributed by atoms with Gasteiger partial charge in [0.25, 0.3) is 0 Å². The summed E-state index contributed by atoms with van der Waals surface area (Å²) in [5.41, 5.74) is 3.66. The number of benzene rings is 1. The molecule has 26 heavy (non-hydrogen) atoms. The average molecular weight is 352 g/mol. The fourth-order valence-electron chi connectivity index (χ4n) is 5.59. The normalized spacial score (nSPS) is 34.8. The molecule has 1 saturated heterocycles. The topological polar surface area (TPSA) is 43.4 Å². The maximum Gasteiger partial charge on any atom is 0.154 e. The number of hydrogen-bond acceptors (Lipinski definition) is 3. The highest BCUT2D eigenvalue weighted by molar-refractivity contribution is 6.17. The van der Waals surface area contributed by atoms with Crippen molar-refractivity contribution in [3.63, 3.8) is 0 Å². The summed E-state index contributed by atoms with van der Waals surface area (Å²) >= 11 is 0. The van der Waals surface area contributed by atoms with Crippen molar-refractivity contribution in [1.82, 2.24) is 0 Å². The maximum absolute atomic E-state index is 13.5. The van der Waals surface area contributed by atoms with Crippen molar-refractivity contribution in [3.05, 3.63) is 46.5 Å². The van der Waals surface area contributed by atoms with E-state index in [1.807, 2.05) is 19.9 Å². The molecule has 3 heteroatoms. The number of rotatable bonds is 5. The summed E-state index contributed by atoms with van der Waals surface area (Å²) in [6.45, 7) is 8.26. The van der Waals surface area contributed by atoms with Crippen LogP contribution in [0.15, 0.2) is 24.3 Å². The van der Waals surface area contributed by atoms with E-state index in [0.717, 1.165) is 42.4 Å². The van der Waals surface area contributed by atoms with Crippen LogP contribution in [-0.4, -0.2) is 23.3 Å². The van der Waals surface area contributed by atoms with Gasteiger partial charge in [0.05, 0.1) is 23.5 Å². The average Bonchev–Trinajstić information content (AvgIpc) is 3.20. The van der Waals surface area contributed by atoms with Gasteiger partial charge in [-0.25, -0.2) is 0 Å². The number of ether oxygens (including phenoxy) is 1. The van der Waals surface area contributed by atoms with Crippen LogP contribution in [0.5, 0.6) is 0 Å². The second-order valence-electron chi connectivity index (χ2n) is 8.41. The number of unbranched alkanes of at least 4 members (excludes halogenated alkanes) is 2. The van der Waals surface area contributed by atoms with Crippen LogP contribution in [0.25, 0.3) is 0 Å². The van der Waals surface area contributed by atoms with Gasteiger partial charge in [-0.3, -0.25) is 9.59 Å². The van der Waals surface area contributed by atoms with Gasteiger partial charge in [-0.2, -0.15) is 0 Å². The Balaban J connectivity index is 1.71. The lowest BCUT2D eigenvalue weighted by Gasteiger charge is -2.29. The second-order valence-corrected chi connectivity index (χ2v) is 8.41. The Hall–Kier alpha value is -1.74. The second kappa shape index (κ2) is 6.16. The Kier molecular flexibility index (Phi) is 4.18. The zero-order valence-corrected chi connectivity index (χ0v) is 16.2. The van der Waals surface area contributed by atoms with Crippen molar-refractivity contribution < 1.29 is 14.3 Å². The van der Waals surface area contributed by atoms with Gasteiger partial charge < -0.3 is 4.74 Å². The molecule has 0 aromatic heterocycles. The van der Waals surface area contributed by atoms with Crippen molar-refractivity contribution >= 4 is 11.6 Å². The number of fused-ring (bicyclic) bond motifs is 5. The third-order valence-corrected chi connectivity index (χ3v) is 6.56. The molecule has 1 saturated carbocycles. The van der Waals surface area contributed by atoms with E-state index < -0.39 is 11.5 Å². The van der Waals surface area contributed by atoms with Crippen molar-refractivity contribution in [2.75, 3.05) is 0 Å². The van der Waals surface area contributed by atoms with Gasteiger partial charge in [0.15, 0.2) is 11.6 Å². The number of carbonyl (C=O) groups is 2. The number of carbonyl (C=O) groups excluding carboxylic acids is 2. The van der Waals surface area contributed by atoms with Crippen LogP contribution >= 0.6 is 0 Å². The van der Waals surface area contributed by atoms with Gasteiger partial charge >= 0.3 is 0 Å². The minimum atomic E-state index is -0.609. The molecule has 5 atom stereocenters. The highest BCUT2D eigenvalue weighted by Crippen LogP contribution is 2.57. The minimum Gasteiger partial charge on any atom is -0.362 e. The standard InChI is InChI=1S/C23H28O3/c1-5-6-7-9-23-10-8-16(26-23)18-20(23)22(25)19(21(18)24)17-14(3)11-13(2)12-15(17)4/h8,10-12,16,18-20H,5-7,9H2,1-4H3/t16-,18-,19?,20+,23+/m0/s1. The molecule has 2 bridgehead atoms. The molecule has 4 rings (SSSR count). The molecule has 0 amide bonds. The summed E-state index contributed by atoms with van der Waals surface area (Å²) in [5, 5.41) is 0. The van der Waals surface area contributed by atoms with E-state index in [4.69, 9.17) is 4.74 Å². The highest BCUT2D eigenvalue weighted by atomic mass is 16.5. The molecule has 1 aromatic rings. The highest BCUT2D eigenvalue weighted by Gasteiger charge is 2.67. The van der Waals surface area contributed by atoms with Crippen LogP contribution in [0.3, 0.4) is 0 Å². The minimum absolute atomic E-state index is 0.0711. The van der Waals surface area contributed by atoms with E-state index in [2.05, 4.69) is 32.1 Å². The van der Waals surface area contributed by atoms with Gasteiger partial charge in [-0.05, 0) is 43.9 Å². The van der Waals surface area contributed by atoms with Crippen LogP contribution in [0.4, 0.5) is 0 Å². The Bertz CT molecular complexity index is 783. The number of aryl methyl sites for hydroxylation is 3. The molecule has 2 aliphatic heterocycles. The Morgan fingerprint density at radius 2 is 1.73 bits per heavy atom. The van der Waals surface area contributed by atoms with Crippen LogP contribution < -0.4 is 0 Å². The smallest absolute Gasteiger partial charge is 0.154 e. The zero-order chi connectivity index (χ0) is 18.6. The van der Waals surface area contributed by atoms with E-state index in [9.17, 15) is 9.59 Å². The lowest BCUT2D eigenvalue weighted by molar-refractivity contribution is -0.129. The molecular weight excluding hydrogens is 324 g/mol. The first-order chi connectivity index (χ1) is 12.4. The fourth-order valence-corrected chi connectivity index (χ4v) is 5.59. The summed E-state index contributed by atoms with van der Waals surface area (Å²) < 4.78 is 6.23. The predicted molar refractivity (Wildman–Crippen MR) is 101 cm³/mol. The number of ketones is 2. The van der Waals surface area contributed by atoms with Crippen LogP contribution in [0, 0.1) is 32.6 Å². The van der Waals surface area contributed by atoms with Crippen molar-refractivity contribution in [1.29, 1.82) is 0 Å². The summed E-state index contributed by atoms with van der Waals surface area (Å²) in [6, 6.07) is 4.16. The summed E-state index contributed by atoms with van der Waals surface area (Å²) in [4.78, 5) is 26.8. The third kappa shape index (κ3) is 2.36. The molecular formula is C23H28O3. The molecule has 0 radical (unpaired) electrons. The molecule has 3 aliphatic rings. The molecule has 2 heterocycles.